The van der Waals surface area contributed by atoms with Crippen LogP contribution in [0, 0.1) is 0 Å². The normalized spacial score (nSPS) is 22.1. The van der Waals surface area contributed by atoms with Crippen LogP contribution < -0.4 is 10.2 Å². The number of hydrogen-bond donors (Lipinski definition) is 0. The highest BCUT2D eigenvalue weighted by molar-refractivity contribution is 6.64. The van der Waals surface area contributed by atoms with Gasteiger partial charge in [-0.3, -0.25) is 0 Å². The standard InChI is InChI=1S/C21H25BO3/c1-19(2)15-11-8-7-10-14(15)18-16(12-9-13-17(18)23-19)22-24-20(3,4)21(5,6)25-22/h7-13H,1-6H3. The van der Waals surface area contributed by atoms with Crippen molar-refractivity contribution in [1.29, 1.82) is 0 Å². The summed E-state index contributed by atoms with van der Waals surface area (Å²) in [5.74, 6) is 0.885. The van der Waals surface area contributed by atoms with Gasteiger partial charge in [-0.15, -0.1) is 0 Å². The van der Waals surface area contributed by atoms with Crippen molar-refractivity contribution in [2.75, 3.05) is 0 Å². The Labute approximate surface area is 150 Å². The highest BCUT2D eigenvalue weighted by atomic mass is 16.7. The third-order valence-corrected chi connectivity index (χ3v) is 5.78. The van der Waals surface area contributed by atoms with Gasteiger partial charge in [0.2, 0.25) is 0 Å². The average molecular weight is 336 g/mol. The van der Waals surface area contributed by atoms with Gasteiger partial charge in [0.25, 0.3) is 0 Å². The van der Waals surface area contributed by atoms with Crippen molar-refractivity contribution in [3.05, 3.63) is 48.0 Å². The molecular formula is C21H25BO3. The molecule has 2 aromatic rings. The minimum absolute atomic E-state index is 0.363. The van der Waals surface area contributed by atoms with Gasteiger partial charge in [-0.25, -0.2) is 0 Å². The second-order valence-electron chi connectivity index (χ2n) is 8.47. The van der Waals surface area contributed by atoms with Crippen molar-refractivity contribution in [1.82, 2.24) is 0 Å². The molecule has 0 unspecified atom stereocenters. The molecule has 1 fully saturated rings. The summed E-state index contributed by atoms with van der Waals surface area (Å²) in [6.45, 7) is 12.5. The second kappa shape index (κ2) is 5.12. The van der Waals surface area contributed by atoms with Crippen LogP contribution in [0.1, 0.15) is 47.1 Å². The van der Waals surface area contributed by atoms with Crippen molar-refractivity contribution in [3.63, 3.8) is 0 Å². The molecule has 130 valence electrons. The molecule has 0 spiro atoms. The number of fused-ring (bicyclic) bond motifs is 3. The molecule has 4 rings (SSSR count). The fourth-order valence-electron chi connectivity index (χ4n) is 3.64. The Balaban J connectivity index is 1.88. The van der Waals surface area contributed by atoms with E-state index in [2.05, 4.69) is 71.9 Å². The maximum Gasteiger partial charge on any atom is 0.495 e. The zero-order chi connectivity index (χ0) is 18.0. The molecule has 0 saturated carbocycles. The van der Waals surface area contributed by atoms with Crippen molar-refractivity contribution in [3.8, 4) is 16.9 Å². The SMILES string of the molecule is CC1(C)Oc2cccc(B3OC(C)(C)C(C)(C)O3)c2-c2ccccc21. The van der Waals surface area contributed by atoms with E-state index in [1.54, 1.807) is 0 Å². The third kappa shape index (κ3) is 2.43. The molecule has 2 aliphatic heterocycles. The fourth-order valence-corrected chi connectivity index (χ4v) is 3.64. The van der Waals surface area contributed by atoms with E-state index in [1.807, 2.05) is 12.1 Å². The number of rotatable bonds is 1. The molecule has 0 bridgehead atoms. The van der Waals surface area contributed by atoms with Gasteiger partial charge in [0, 0.05) is 11.1 Å². The Bertz CT molecular complexity index is 823. The Morgan fingerprint density at radius 3 is 2.08 bits per heavy atom. The van der Waals surface area contributed by atoms with E-state index in [0.29, 0.717) is 0 Å². The molecule has 3 nitrogen and oxygen atoms in total. The van der Waals surface area contributed by atoms with Crippen LogP contribution in [0.2, 0.25) is 0 Å². The molecule has 0 aliphatic carbocycles. The number of hydrogen-bond acceptors (Lipinski definition) is 3. The van der Waals surface area contributed by atoms with E-state index in [-0.39, 0.29) is 16.8 Å². The van der Waals surface area contributed by atoms with Crippen molar-refractivity contribution < 1.29 is 14.0 Å². The first-order chi connectivity index (χ1) is 11.6. The first kappa shape index (κ1) is 16.7. The summed E-state index contributed by atoms with van der Waals surface area (Å²) in [6, 6.07) is 14.6. The quantitative estimate of drug-likeness (QED) is 0.728. The maximum atomic E-state index is 6.34. The van der Waals surface area contributed by atoms with Crippen molar-refractivity contribution >= 4 is 12.6 Å². The molecule has 2 aliphatic rings. The molecule has 0 amide bonds. The minimum Gasteiger partial charge on any atom is -0.483 e. The predicted molar refractivity (Wildman–Crippen MR) is 101 cm³/mol. The lowest BCUT2D eigenvalue weighted by molar-refractivity contribution is 0.00578. The van der Waals surface area contributed by atoms with Gasteiger partial charge in [0.15, 0.2) is 0 Å². The van der Waals surface area contributed by atoms with Crippen LogP contribution >= 0.6 is 0 Å². The highest BCUT2D eigenvalue weighted by Crippen LogP contribution is 2.45. The van der Waals surface area contributed by atoms with E-state index in [4.69, 9.17) is 14.0 Å². The van der Waals surface area contributed by atoms with Crippen LogP contribution in [-0.4, -0.2) is 18.3 Å². The summed E-state index contributed by atoms with van der Waals surface area (Å²) in [6.07, 6.45) is 0. The minimum atomic E-state index is -0.405. The van der Waals surface area contributed by atoms with Gasteiger partial charge < -0.3 is 14.0 Å². The summed E-state index contributed by atoms with van der Waals surface area (Å²) < 4.78 is 18.9. The fraction of sp³-hybridized carbons (Fsp3) is 0.429. The van der Waals surface area contributed by atoms with E-state index in [1.165, 1.54) is 11.1 Å². The Morgan fingerprint density at radius 2 is 1.40 bits per heavy atom. The summed E-state index contributed by atoms with van der Waals surface area (Å²) >= 11 is 0. The van der Waals surface area contributed by atoms with Gasteiger partial charge in [0.05, 0.1) is 11.2 Å². The van der Waals surface area contributed by atoms with Gasteiger partial charge in [-0.05, 0) is 58.6 Å². The topological polar surface area (TPSA) is 27.7 Å². The first-order valence-electron chi connectivity index (χ1n) is 8.90. The number of ether oxygens (including phenoxy) is 1. The van der Waals surface area contributed by atoms with Crippen molar-refractivity contribution in [2.24, 2.45) is 0 Å². The lowest BCUT2D eigenvalue weighted by Gasteiger charge is -2.36. The molecular weight excluding hydrogens is 311 g/mol. The Morgan fingerprint density at radius 1 is 0.760 bits per heavy atom. The Kier molecular flexibility index (Phi) is 3.42. The van der Waals surface area contributed by atoms with Crippen LogP contribution in [0.5, 0.6) is 5.75 Å². The molecule has 1 saturated heterocycles. The zero-order valence-corrected chi connectivity index (χ0v) is 15.8. The predicted octanol–water partition coefficient (Wildman–Crippen LogP) is 4.28. The van der Waals surface area contributed by atoms with Crippen LogP contribution in [0.15, 0.2) is 42.5 Å². The highest BCUT2D eigenvalue weighted by Gasteiger charge is 2.53. The van der Waals surface area contributed by atoms with E-state index in [9.17, 15) is 0 Å². The van der Waals surface area contributed by atoms with Gasteiger partial charge >= 0.3 is 7.12 Å². The number of benzene rings is 2. The summed E-state index contributed by atoms with van der Waals surface area (Å²) in [5.41, 5.74) is 3.39. The molecule has 0 N–H and O–H groups in total. The van der Waals surface area contributed by atoms with Crippen molar-refractivity contribution in [2.45, 2.75) is 58.3 Å². The second-order valence-corrected chi connectivity index (χ2v) is 8.47. The molecule has 4 heteroatoms. The Hall–Kier alpha value is -1.78. The van der Waals surface area contributed by atoms with Crippen LogP contribution in [0.3, 0.4) is 0 Å². The van der Waals surface area contributed by atoms with E-state index in [0.717, 1.165) is 16.8 Å². The summed E-state index contributed by atoms with van der Waals surface area (Å²) in [7, 11) is -0.405. The van der Waals surface area contributed by atoms with Gasteiger partial charge in [-0.1, -0.05) is 36.4 Å². The average Bonchev–Trinajstić information content (AvgIpc) is 2.74. The first-order valence-corrected chi connectivity index (χ1v) is 8.90. The summed E-state index contributed by atoms with van der Waals surface area (Å²) in [4.78, 5) is 0. The molecule has 25 heavy (non-hydrogen) atoms. The molecule has 2 heterocycles. The van der Waals surface area contributed by atoms with E-state index >= 15 is 0 Å². The van der Waals surface area contributed by atoms with Crippen LogP contribution in [-0.2, 0) is 14.9 Å². The molecule has 2 aromatic carbocycles. The molecule has 0 radical (unpaired) electrons. The molecule has 0 atom stereocenters. The van der Waals surface area contributed by atoms with Gasteiger partial charge in [0.1, 0.15) is 11.4 Å². The maximum absolute atomic E-state index is 6.34. The molecule has 0 aromatic heterocycles. The summed E-state index contributed by atoms with van der Waals surface area (Å²) in [5, 5.41) is 0. The lowest BCUT2D eigenvalue weighted by atomic mass is 9.72. The smallest absolute Gasteiger partial charge is 0.483 e. The van der Waals surface area contributed by atoms with Crippen LogP contribution in [0.25, 0.3) is 11.1 Å². The van der Waals surface area contributed by atoms with Crippen LogP contribution in [0.4, 0.5) is 0 Å². The third-order valence-electron chi connectivity index (χ3n) is 5.78. The monoisotopic (exact) mass is 336 g/mol. The zero-order valence-electron chi connectivity index (χ0n) is 15.8. The van der Waals surface area contributed by atoms with Gasteiger partial charge in [-0.2, -0.15) is 0 Å². The largest absolute Gasteiger partial charge is 0.495 e. The van der Waals surface area contributed by atoms with E-state index < -0.39 is 7.12 Å². The lowest BCUT2D eigenvalue weighted by Crippen LogP contribution is -2.41.